The van der Waals surface area contributed by atoms with Gasteiger partial charge in [0.15, 0.2) is 17.5 Å². The van der Waals surface area contributed by atoms with E-state index in [-0.39, 0.29) is 0 Å². The average Bonchev–Trinajstić information content (AvgIpc) is 3.87. The van der Waals surface area contributed by atoms with E-state index < -0.39 is 5.41 Å². The Kier molecular flexibility index (Phi) is 10.7. The van der Waals surface area contributed by atoms with Gasteiger partial charge in [0.25, 0.3) is 0 Å². The molecule has 308 valence electrons. The summed E-state index contributed by atoms with van der Waals surface area (Å²) >= 11 is 0. The zero-order valence-corrected chi connectivity index (χ0v) is 36.6. The molecule has 2 aromatic heterocycles. The van der Waals surface area contributed by atoms with Crippen LogP contribution in [0.25, 0.3) is 85.2 Å². The van der Waals surface area contributed by atoms with E-state index in [9.17, 15) is 0 Å². The molecular formula is C60H48N4. The van der Waals surface area contributed by atoms with Crippen LogP contribution in [0, 0.1) is 0 Å². The Morgan fingerprint density at radius 2 is 0.938 bits per heavy atom. The summed E-state index contributed by atoms with van der Waals surface area (Å²) < 4.78 is 2.37. The van der Waals surface area contributed by atoms with Crippen LogP contribution in [0.1, 0.15) is 49.9 Å². The van der Waals surface area contributed by atoms with Gasteiger partial charge in [-0.05, 0) is 94.8 Å². The Hall–Kier alpha value is -7.95. The van der Waals surface area contributed by atoms with Gasteiger partial charge in [0.05, 0.1) is 10.9 Å². The van der Waals surface area contributed by atoms with E-state index >= 15 is 0 Å². The Balaban J connectivity index is 0.00000239. The number of benzene rings is 8. The minimum atomic E-state index is -0.635. The summed E-state index contributed by atoms with van der Waals surface area (Å²) in [6.45, 7) is 8.26. The van der Waals surface area contributed by atoms with Crippen molar-refractivity contribution in [1.29, 1.82) is 0 Å². The predicted molar refractivity (Wildman–Crippen MR) is 267 cm³/mol. The fourth-order valence-electron chi connectivity index (χ4n) is 9.80. The molecule has 2 heterocycles. The minimum absolute atomic E-state index is 0.629. The van der Waals surface area contributed by atoms with E-state index in [1.54, 1.807) is 0 Å². The first kappa shape index (κ1) is 40.1. The Bertz CT molecular complexity index is 3300. The lowest BCUT2D eigenvalue weighted by atomic mass is 9.67. The highest BCUT2D eigenvalue weighted by atomic mass is 15.0. The normalized spacial score (nSPS) is 13.0. The summed E-state index contributed by atoms with van der Waals surface area (Å²) in [6, 6.07) is 73.7. The van der Waals surface area contributed by atoms with Crippen molar-refractivity contribution in [3.63, 3.8) is 0 Å². The molecule has 0 atom stereocenters. The first-order chi connectivity index (χ1) is 31.7. The lowest BCUT2D eigenvalue weighted by Crippen LogP contribution is -2.28. The molecule has 1 aliphatic rings. The van der Waals surface area contributed by atoms with Gasteiger partial charge >= 0.3 is 0 Å². The van der Waals surface area contributed by atoms with Crippen LogP contribution in [0.2, 0.25) is 0 Å². The van der Waals surface area contributed by atoms with Crippen molar-refractivity contribution in [2.24, 2.45) is 0 Å². The third-order valence-electron chi connectivity index (χ3n) is 12.5. The average molecular weight is 825 g/mol. The molecule has 0 fully saturated rings. The van der Waals surface area contributed by atoms with Crippen molar-refractivity contribution in [3.8, 4) is 62.1 Å². The van der Waals surface area contributed by atoms with Crippen molar-refractivity contribution >= 4 is 23.1 Å². The van der Waals surface area contributed by atoms with Crippen LogP contribution in [-0.2, 0) is 5.41 Å². The summed E-state index contributed by atoms with van der Waals surface area (Å²) in [5, 5.41) is 3.58. The summed E-state index contributed by atoms with van der Waals surface area (Å²) in [5.41, 5.74) is 13.8. The van der Waals surface area contributed by atoms with Crippen molar-refractivity contribution < 1.29 is 0 Å². The Labute approximate surface area is 375 Å². The summed E-state index contributed by atoms with van der Waals surface area (Å²) in [7, 11) is 0. The number of nitrogens with zero attached hydrogens (tertiary/aromatic N) is 4. The van der Waals surface area contributed by atoms with Crippen LogP contribution in [-0.4, -0.2) is 19.5 Å². The fraction of sp³-hybridized carbons (Fsp3) is 0.0833. The fourth-order valence-corrected chi connectivity index (χ4v) is 9.80. The van der Waals surface area contributed by atoms with Crippen LogP contribution in [0.5, 0.6) is 0 Å². The summed E-state index contributed by atoms with van der Waals surface area (Å²) in [4.78, 5) is 15.9. The first-order valence-corrected chi connectivity index (χ1v) is 22.3. The quantitative estimate of drug-likeness (QED) is 0.161. The van der Waals surface area contributed by atoms with E-state index in [0.717, 1.165) is 44.6 Å². The van der Waals surface area contributed by atoms with Gasteiger partial charge in [-0.15, -0.1) is 0 Å². The van der Waals surface area contributed by atoms with E-state index in [0.29, 0.717) is 17.5 Å². The van der Waals surface area contributed by atoms with Crippen molar-refractivity contribution in [3.05, 3.63) is 239 Å². The second kappa shape index (κ2) is 17.1. The maximum atomic E-state index is 5.38. The smallest absolute Gasteiger partial charge is 0.164 e. The summed E-state index contributed by atoms with van der Waals surface area (Å²) in [6.07, 6.45) is 4.46. The molecule has 4 heteroatoms. The third-order valence-corrected chi connectivity index (χ3v) is 12.5. The molecule has 0 N–H and O–H groups in total. The Morgan fingerprint density at radius 3 is 1.50 bits per heavy atom. The van der Waals surface area contributed by atoms with Crippen LogP contribution in [0.3, 0.4) is 0 Å². The number of fused-ring (bicyclic) bond motifs is 4. The van der Waals surface area contributed by atoms with Gasteiger partial charge in [-0.2, -0.15) is 0 Å². The van der Waals surface area contributed by atoms with E-state index in [4.69, 9.17) is 15.0 Å². The number of aromatic nitrogens is 4. The van der Waals surface area contributed by atoms with Gasteiger partial charge in [0.2, 0.25) is 0 Å². The SMILES string of the molecule is C/C=c1\c(=C/C)n(-c2ccccc2)c2ccc(-c3cc(-c4nc(-c5ccccc5)nc(-c5ccccc5)n4)c4c(c3)C(c3ccccc3)(c3ccccc3)c3ccccc3-4)cc12.CC. The molecule has 10 aromatic rings. The molecule has 1 aliphatic carbocycles. The molecule has 64 heavy (non-hydrogen) atoms. The van der Waals surface area contributed by atoms with Gasteiger partial charge in [-0.25, -0.2) is 15.0 Å². The molecule has 0 unspecified atom stereocenters. The van der Waals surface area contributed by atoms with E-state index in [2.05, 4.69) is 200 Å². The predicted octanol–water partition coefficient (Wildman–Crippen LogP) is 13.5. The molecule has 0 radical (unpaired) electrons. The maximum absolute atomic E-state index is 5.38. The highest BCUT2D eigenvalue weighted by Crippen LogP contribution is 2.59. The molecule has 4 nitrogen and oxygen atoms in total. The molecular weight excluding hydrogens is 777 g/mol. The van der Waals surface area contributed by atoms with E-state index in [1.807, 2.05) is 50.2 Å². The monoisotopic (exact) mass is 824 g/mol. The highest BCUT2D eigenvalue weighted by molar-refractivity contribution is 5.98. The van der Waals surface area contributed by atoms with Crippen LogP contribution in [0.4, 0.5) is 0 Å². The van der Waals surface area contributed by atoms with Gasteiger partial charge in [0.1, 0.15) is 0 Å². The topological polar surface area (TPSA) is 43.6 Å². The van der Waals surface area contributed by atoms with Crippen LogP contribution in [0.15, 0.2) is 206 Å². The molecule has 11 rings (SSSR count). The van der Waals surface area contributed by atoms with E-state index in [1.165, 1.54) is 43.8 Å². The third kappa shape index (κ3) is 6.58. The van der Waals surface area contributed by atoms with Crippen LogP contribution < -0.4 is 10.6 Å². The van der Waals surface area contributed by atoms with Gasteiger partial charge in [-0.1, -0.05) is 196 Å². The largest absolute Gasteiger partial charge is 0.310 e. The second-order valence-electron chi connectivity index (χ2n) is 15.8. The number of hydrogen-bond donors (Lipinski definition) is 0. The lowest BCUT2D eigenvalue weighted by Gasteiger charge is -2.34. The van der Waals surface area contributed by atoms with Crippen LogP contribution >= 0.6 is 0 Å². The molecule has 0 bridgehead atoms. The molecule has 0 saturated heterocycles. The van der Waals surface area contributed by atoms with Crippen molar-refractivity contribution in [2.75, 3.05) is 0 Å². The van der Waals surface area contributed by atoms with Gasteiger partial charge in [-0.3, -0.25) is 0 Å². The Morgan fingerprint density at radius 1 is 0.422 bits per heavy atom. The zero-order valence-electron chi connectivity index (χ0n) is 36.6. The minimum Gasteiger partial charge on any atom is -0.310 e. The molecule has 0 aliphatic heterocycles. The molecule has 0 spiro atoms. The summed E-state index contributed by atoms with van der Waals surface area (Å²) in [5.74, 6) is 1.89. The standard InChI is InChI=1S/C58H42N4.C2H6/c1-3-46-48-36-41(34-35-53(48)62(52(46)4-2)45-30-18-9-19-31-45)42-37-49(57-60-55(39-22-10-5-11-23-39)59-56(61-57)40-24-12-6-13-25-40)54-47-32-20-21-33-50(47)58(51(54)38-42,43-26-14-7-15-27-43)44-28-16-8-17-29-44;1-2/h3-38H,1-2H3;1-2H3/b46-3-,52-4+;. The first-order valence-electron chi connectivity index (χ1n) is 22.3. The number of hydrogen-bond acceptors (Lipinski definition) is 3. The maximum Gasteiger partial charge on any atom is 0.164 e. The van der Waals surface area contributed by atoms with Crippen molar-refractivity contribution in [1.82, 2.24) is 19.5 Å². The molecule has 0 saturated carbocycles. The van der Waals surface area contributed by atoms with Gasteiger partial charge in [0, 0.05) is 38.3 Å². The number of para-hydroxylation sites is 1. The van der Waals surface area contributed by atoms with Crippen molar-refractivity contribution in [2.45, 2.75) is 33.1 Å². The molecule has 0 amide bonds. The van der Waals surface area contributed by atoms with Gasteiger partial charge < -0.3 is 4.57 Å². The zero-order chi connectivity index (χ0) is 43.6. The number of rotatable bonds is 7. The molecule has 8 aromatic carbocycles. The lowest BCUT2D eigenvalue weighted by molar-refractivity contribution is 0.769. The second-order valence-corrected chi connectivity index (χ2v) is 15.8. The highest BCUT2D eigenvalue weighted by Gasteiger charge is 2.47.